The summed E-state index contributed by atoms with van der Waals surface area (Å²) in [6.07, 6.45) is 1.45. The Hall–Kier alpha value is -3.64. The molecule has 4 aromatic carbocycles. The van der Waals surface area contributed by atoms with Crippen LogP contribution in [-0.2, 0) is 4.79 Å². The van der Waals surface area contributed by atoms with Crippen molar-refractivity contribution in [3.05, 3.63) is 111 Å². The first kappa shape index (κ1) is 31.8. The molecule has 0 spiro atoms. The number of primary amides is 1. The zero-order valence-electron chi connectivity index (χ0n) is 24.4. The third-order valence-corrected chi connectivity index (χ3v) is 9.37. The highest BCUT2D eigenvalue weighted by molar-refractivity contribution is 6.42. The molecular formula is C35H36Cl2N4O3. The van der Waals surface area contributed by atoms with Crippen molar-refractivity contribution in [1.29, 1.82) is 5.26 Å². The van der Waals surface area contributed by atoms with Gasteiger partial charge in [-0.25, -0.2) is 0 Å². The van der Waals surface area contributed by atoms with Crippen LogP contribution in [0.2, 0.25) is 10.0 Å². The normalized spacial score (nSPS) is 15.7. The molecule has 44 heavy (non-hydrogen) atoms. The number of halogens is 2. The number of nitrogens with two attached hydrogens (primary N) is 1. The molecule has 0 aromatic heterocycles. The van der Waals surface area contributed by atoms with Gasteiger partial charge in [-0.3, -0.25) is 9.69 Å². The van der Waals surface area contributed by atoms with Crippen molar-refractivity contribution in [1.82, 2.24) is 9.80 Å². The van der Waals surface area contributed by atoms with Gasteiger partial charge in [-0.1, -0.05) is 71.7 Å². The number of phenols is 1. The molecule has 0 radical (unpaired) electrons. The van der Waals surface area contributed by atoms with Crippen LogP contribution in [0.3, 0.4) is 0 Å². The van der Waals surface area contributed by atoms with E-state index >= 15 is 0 Å². The molecule has 0 bridgehead atoms. The summed E-state index contributed by atoms with van der Waals surface area (Å²) in [6, 6.07) is 26.3. The standard InChI is InChI=1S/C35H36Cl2N4O3/c36-31-10-9-25(19-32(31)37)27(13-16-40-14-11-24(12-15-40)29-7-3-4-8-33(29)42)21-41(22-34(39)43)35(44)30-18-23(20-38)17-26-5-1-2-6-28(26)30/h1-10,17-19,24,27,35,42,44H,11-16,21-22H2,(H2,39,43)/t27-,35?/m1/s1. The van der Waals surface area contributed by atoms with E-state index in [0.717, 1.165) is 60.8 Å². The fourth-order valence-corrected chi connectivity index (χ4v) is 6.62. The second-order valence-corrected chi connectivity index (χ2v) is 12.3. The van der Waals surface area contributed by atoms with Crippen LogP contribution in [-0.4, -0.2) is 58.6 Å². The van der Waals surface area contributed by atoms with Gasteiger partial charge in [0.2, 0.25) is 5.91 Å². The number of amides is 1. The molecule has 1 aliphatic heterocycles. The number of benzene rings is 4. The molecule has 1 aliphatic rings. The molecule has 228 valence electrons. The van der Waals surface area contributed by atoms with Crippen molar-refractivity contribution in [3.63, 3.8) is 0 Å². The van der Waals surface area contributed by atoms with Gasteiger partial charge in [0.15, 0.2) is 0 Å². The highest BCUT2D eigenvalue weighted by atomic mass is 35.5. The van der Waals surface area contributed by atoms with Gasteiger partial charge in [-0.15, -0.1) is 0 Å². The maximum Gasteiger partial charge on any atom is 0.231 e. The van der Waals surface area contributed by atoms with Gasteiger partial charge in [0.25, 0.3) is 0 Å². The Morgan fingerprint density at radius 1 is 1.02 bits per heavy atom. The van der Waals surface area contributed by atoms with Crippen LogP contribution in [0.25, 0.3) is 10.8 Å². The third-order valence-electron chi connectivity index (χ3n) is 8.63. The fraction of sp³-hybridized carbons (Fsp3) is 0.314. The van der Waals surface area contributed by atoms with Crippen LogP contribution in [0, 0.1) is 11.3 Å². The van der Waals surface area contributed by atoms with Crippen molar-refractivity contribution >= 4 is 39.9 Å². The highest BCUT2D eigenvalue weighted by Gasteiger charge is 2.28. The van der Waals surface area contributed by atoms with Crippen LogP contribution in [0.4, 0.5) is 0 Å². The number of hydrogen-bond donors (Lipinski definition) is 3. The predicted octanol–water partition coefficient (Wildman–Crippen LogP) is 6.56. The molecule has 4 N–H and O–H groups in total. The smallest absolute Gasteiger partial charge is 0.231 e. The topological polar surface area (TPSA) is 114 Å². The molecule has 1 fully saturated rings. The monoisotopic (exact) mass is 630 g/mol. The molecule has 2 atom stereocenters. The Labute approximate surface area is 268 Å². The largest absolute Gasteiger partial charge is 0.508 e. The van der Waals surface area contributed by atoms with Crippen molar-refractivity contribution in [2.75, 3.05) is 32.7 Å². The van der Waals surface area contributed by atoms with E-state index in [0.29, 0.717) is 39.4 Å². The summed E-state index contributed by atoms with van der Waals surface area (Å²) in [5.41, 5.74) is 8.60. The summed E-state index contributed by atoms with van der Waals surface area (Å²) in [5, 5.41) is 34.2. The van der Waals surface area contributed by atoms with Crippen molar-refractivity contribution in [2.24, 2.45) is 5.73 Å². The zero-order valence-corrected chi connectivity index (χ0v) is 25.9. The van der Waals surface area contributed by atoms with E-state index in [9.17, 15) is 20.3 Å². The summed E-state index contributed by atoms with van der Waals surface area (Å²) in [7, 11) is 0. The minimum Gasteiger partial charge on any atom is -0.508 e. The molecule has 0 aliphatic carbocycles. The second kappa shape index (κ2) is 14.4. The second-order valence-electron chi connectivity index (χ2n) is 11.5. The molecule has 9 heteroatoms. The number of aromatic hydroxyl groups is 1. The Kier molecular flexibility index (Phi) is 10.4. The van der Waals surface area contributed by atoms with E-state index in [1.165, 1.54) is 0 Å². The van der Waals surface area contributed by atoms with Crippen LogP contribution < -0.4 is 5.73 Å². The number of piperidine rings is 1. The molecule has 4 aromatic rings. The number of carbonyl (C=O) groups excluding carboxylic acids is 1. The van der Waals surface area contributed by atoms with Crippen LogP contribution in [0.1, 0.15) is 59.6 Å². The molecule has 1 unspecified atom stereocenters. The Morgan fingerprint density at radius 3 is 2.45 bits per heavy atom. The molecule has 1 saturated heterocycles. The lowest BCUT2D eigenvalue weighted by Gasteiger charge is -2.35. The Bertz CT molecular complexity index is 1670. The van der Waals surface area contributed by atoms with Gasteiger partial charge >= 0.3 is 0 Å². The molecule has 1 amide bonds. The first-order chi connectivity index (χ1) is 21.2. The fourth-order valence-electron chi connectivity index (χ4n) is 6.32. The minimum atomic E-state index is -1.18. The molecule has 0 saturated carbocycles. The predicted molar refractivity (Wildman–Crippen MR) is 175 cm³/mol. The maximum atomic E-state index is 12.3. The average molecular weight is 632 g/mol. The molecule has 5 rings (SSSR count). The van der Waals surface area contributed by atoms with Crippen molar-refractivity contribution in [2.45, 2.75) is 37.3 Å². The van der Waals surface area contributed by atoms with Gasteiger partial charge in [0.05, 0.1) is 28.2 Å². The van der Waals surface area contributed by atoms with Gasteiger partial charge in [0.1, 0.15) is 12.0 Å². The lowest BCUT2D eigenvalue weighted by atomic mass is 9.88. The summed E-state index contributed by atoms with van der Waals surface area (Å²) >= 11 is 12.7. The van der Waals surface area contributed by atoms with Gasteiger partial charge in [-0.05, 0) is 103 Å². The number of para-hydroxylation sites is 1. The van der Waals surface area contributed by atoms with Crippen molar-refractivity contribution < 1.29 is 15.0 Å². The Balaban J connectivity index is 1.38. The number of carbonyl (C=O) groups is 1. The van der Waals surface area contributed by atoms with E-state index < -0.39 is 12.1 Å². The van der Waals surface area contributed by atoms with Crippen LogP contribution >= 0.6 is 23.2 Å². The number of phenolic OH excluding ortho intramolecular Hbond substituents is 1. The minimum absolute atomic E-state index is 0.111. The summed E-state index contributed by atoms with van der Waals surface area (Å²) in [5.74, 6) is -0.00525. The Morgan fingerprint density at radius 2 is 1.75 bits per heavy atom. The SMILES string of the molecule is N#Cc1cc(C(O)N(CC(N)=O)C[C@@H](CCN2CCC(c3ccccc3O)CC2)c2ccc(Cl)c(Cl)c2)c2ccccc2c1. The number of hydrogen-bond acceptors (Lipinski definition) is 6. The molecule has 1 heterocycles. The lowest BCUT2D eigenvalue weighted by Crippen LogP contribution is -2.40. The number of nitriles is 1. The molecule has 7 nitrogen and oxygen atoms in total. The summed E-state index contributed by atoms with van der Waals surface area (Å²) in [6.45, 7) is 2.74. The van der Waals surface area contributed by atoms with Gasteiger partial charge < -0.3 is 20.8 Å². The van der Waals surface area contributed by atoms with E-state index in [4.69, 9.17) is 28.9 Å². The van der Waals surface area contributed by atoms with Crippen LogP contribution in [0.15, 0.2) is 78.9 Å². The number of likely N-dealkylation sites (tertiary alicyclic amines) is 1. The number of nitrogens with zero attached hydrogens (tertiary/aromatic N) is 3. The van der Waals surface area contributed by atoms with E-state index in [-0.39, 0.29) is 12.5 Å². The number of aliphatic hydroxyl groups is 1. The van der Waals surface area contributed by atoms with E-state index in [1.807, 2.05) is 54.6 Å². The van der Waals surface area contributed by atoms with E-state index in [1.54, 1.807) is 29.2 Å². The van der Waals surface area contributed by atoms with Crippen molar-refractivity contribution in [3.8, 4) is 11.8 Å². The number of rotatable bonds is 11. The lowest BCUT2D eigenvalue weighted by molar-refractivity contribution is -0.122. The van der Waals surface area contributed by atoms with Gasteiger partial charge in [0, 0.05) is 12.1 Å². The number of aliphatic hydroxyl groups excluding tert-OH is 1. The summed E-state index contributed by atoms with van der Waals surface area (Å²) in [4.78, 5) is 16.4. The molecular weight excluding hydrogens is 595 g/mol. The third kappa shape index (κ3) is 7.52. The summed E-state index contributed by atoms with van der Waals surface area (Å²) < 4.78 is 0. The number of fused-ring (bicyclic) bond motifs is 1. The first-order valence-corrected chi connectivity index (χ1v) is 15.6. The van der Waals surface area contributed by atoms with E-state index in [2.05, 4.69) is 11.0 Å². The highest BCUT2D eigenvalue weighted by Crippen LogP contribution is 2.36. The van der Waals surface area contributed by atoms with Gasteiger partial charge in [-0.2, -0.15) is 5.26 Å². The quantitative estimate of drug-likeness (QED) is 0.162. The first-order valence-electron chi connectivity index (χ1n) is 14.8. The van der Waals surface area contributed by atoms with Crippen LogP contribution in [0.5, 0.6) is 5.75 Å². The maximum absolute atomic E-state index is 12.3. The zero-order chi connectivity index (χ0) is 31.2. The average Bonchev–Trinajstić information content (AvgIpc) is 3.03.